The van der Waals surface area contributed by atoms with Crippen LogP contribution < -0.4 is 0 Å². The highest BCUT2D eigenvalue weighted by Gasteiger charge is 2.36. The number of rotatable bonds is 5. The fourth-order valence-corrected chi connectivity index (χ4v) is 4.33. The molecular formula is C28H34O3. The predicted molar refractivity (Wildman–Crippen MR) is 127 cm³/mol. The average molecular weight is 419 g/mol. The van der Waals surface area contributed by atoms with Gasteiger partial charge in [0.25, 0.3) is 0 Å². The molecule has 0 bridgehead atoms. The number of Topliss-reactive ketones (excluding diaryl/α,β-unsaturated/α-hetero) is 1. The molecule has 0 atom stereocenters. The van der Waals surface area contributed by atoms with E-state index < -0.39 is 0 Å². The molecule has 1 aliphatic rings. The molecule has 1 aliphatic carbocycles. The van der Waals surface area contributed by atoms with Crippen LogP contribution in [0.1, 0.15) is 69.2 Å². The normalized spacial score (nSPS) is 16.1. The summed E-state index contributed by atoms with van der Waals surface area (Å²) in [5, 5.41) is 0. The lowest BCUT2D eigenvalue weighted by atomic mass is 9.74. The van der Waals surface area contributed by atoms with Gasteiger partial charge in [-0.1, -0.05) is 63.6 Å². The summed E-state index contributed by atoms with van der Waals surface area (Å²) in [4.78, 5) is 25.8. The van der Waals surface area contributed by atoms with E-state index in [9.17, 15) is 9.59 Å². The first-order valence-electron chi connectivity index (χ1n) is 11.1. The Balaban J connectivity index is 2.15. The Hall–Kier alpha value is -2.68. The van der Waals surface area contributed by atoms with Gasteiger partial charge in [0.1, 0.15) is 5.76 Å². The minimum atomic E-state index is -0.267. The zero-order valence-corrected chi connectivity index (χ0v) is 19.9. The molecule has 3 rings (SSSR count). The number of allylic oxidation sites excluding steroid dienone is 2. The fourth-order valence-electron chi connectivity index (χ4n) is 4.33. The SMILES string of the molecule is Cc1ccc(-c2cc(C3=C(OC(=O)CC(C)C)CC(C)(C)CC3=O)c(C)cc2C)cc1. The minimum Gasteiger partial charge on any atom is -0.430 e. The van der Waals surface area contributed by atoms with E-state index >= 15 is 0 Å². The van der Waals surface area contributed by atoms with Gasteiger partial charge in [0.2, 0.25) is 0 Å². The molecule has 0 spiro atoms. The first kappa shape index (κ1) is 23.0. The molecule has 0 amide bonds. The number of hydrogen-bond acceptors (Lipinski definition) is 3. The molecule has 0 heterocycles. The number of hydrogen-bond donors (Lipinski definition) is 0. The molecule has 31 heavy (non-hydrogen) atoms. The molecule has 0 unspecified atom stereocenters. The molecule has 0 aromatic heterocycles. The second-order valence-electron chi connectivity index (χ2n) is 10.2. The summed E-state index contributed by atoms with van der Waals surface area (Å²) >= 11 is 0. The van der Waals surface area contributed by atoms with Crippen molar-refractivity contribution in [2.75, 3.05) is 0 Å². The van der Waals surface area contributed by atoms with Crippen LogP contribution in [-0.4, -0.2) is 11.8 Å². The lowest BCUT2D eigenvalue weighted by Gasteiger charge is -2.32. The Morgan fingerprint density at radius 3 is 2.19 bits per heavy atom. The van der Waals surface area contributed by atoms with Gasteiger partial charge in [0, 0.05) is 19.3 Å². The zero-order valence-electron chi connectivity index (χ0n) is 19.9. The highest BCUT2D eigenvalue weighted by atomic mass is 16.5. The Morgan fingerprint density at radius 1 is 0.968 bits per heavy atom. The van der Waals surface area contributed by atoms with E-state index in [1.54, 1.807) is 0 Å². The maximum atomic E-state index is 13.3. The Bertz CT molecular complexity index is 1040. The van der Waals surface area contributed by atoms with Gasteiger partial charge >= 0.3 is 5.97 Å². The lowest BCUT2D eigenvalue weighted by molar-refractivity contribution is -0.141. The van der Waals surface area contributed by atoms with Crippen LogP contribution in [0.15, 0.2) is 42.2 Å². The second-order valence-corrected chi connectivity index (χ2v) is 10.2. The van der Waals surface area contributed by atoms with Crippen LogP contribution in [0.3, 0.4) is 0 Å². The lowest BCUT2D eigenvalue weighted by Crippen LogP contribution is -2.27. The number of carbonyl (C=O) groups is 2. The van der Waals surface area contributed by atoms with Crippen molar-refractivity contribution in [2.24, 2.45) is 11.3 Å². The zero-order chi connectivity index (χ0) is 22.9. The summed E-state index contributed by atoms with van der Waals surface area (Å²) < 4.78 is 5.84. The van der Waals surface area contributed by atoms with Gasteiger partial charge in [0.05, 0.1) is 5.57 Å². The smallest absolute Gasteiger partial charge is 0.311 e. The third-order valence-corrected chi connectivity index (χ3v) is 5.85. The Morgan fingerprint density at radius 2 is 1.58 bits per heavy atom. The van der Waals surface area contributed by atoms with Crippen LogP contribution in [0.2, 0.25) is 0 Å². The third kappa shape index (κ3) is 5.33. The molecule has 2 aromatic carbocycles. The topological polar surface area (TPSA) is 43.4 Å². The van der Waals surface area contributed by atoms with Crippen molar-refractivity contribution < 1.29 is 14.3 Å². The number of benzene rings is 2. The predicted octanol–water partition coefficient (Wildman–Crippen LogP) is 6.97. The monoisotopic (exact) mass is 418 g/mol. The third-order valence-electron chi connectivity index (χ3n) is 5.85. The Labute approximate surface area is 186 Å². The first-order valence-corrected chi connectivity index (χ1v) is 11.1. The molecule has 0 saturated carbocycles. The quantitative estimate of drug-likeness (QED) is 0.493. The number of ketones is 1. The van der Waals surface area contributed by atoms with E-state index in [0.717, 1.165) is 27.8 Å². The van der Waals surface area contributed by atoms with Crippen LogP contribution in [-0.2, 0) is 14.3 Å². The van der Waals surface area contributed by atoms with Crippen molar-refractivity contribution in [1.82, 2.24) is 0 Å². The van der Waals surface area contributed by atoms with Gasteiger partial charge in [-0.3, -0.25) is 9.59 Å². The molecule has 0 aliphatic heterocycles. The van der Waals surface area contributed by atoms with Crippen molar-refractivity contribution in [1.29, 1.82) is 0 Å². The highest BCUT2D eigenvalue weighted by molar-refractivity contribution is 6.23. The molecule has 0 N–H and O–H groups in total. The number of carbonyl (C=O) groups excluding carboxylic acids is 2. The molecule has 3 heteroatoms. The van der Waals surface area contributed by atoms with E-state index in [1.165, 1.54) is 5.56 Å². The first-order chi connectivity index (χ1) is 14.5. The molecule has 164 valence electrons. The molecule has 2 aromatic rings. The van der Waals surface area contributed by atoms with E-state index in [0.29, 0.717) is 30.6 Å². The molecule has 3 nitrogen and oxygen atoms in total. The van der Waals surface area contributed by atoms with E-state index in [4.69, 9.17) is 4.74 Å². The number of aryl methyl sites for hydroxylation is 3. The Kier molecular flexibility index (Phi) is 6.54. The van der Waals surface area contributed by atoms with Crippen molar-refractivity contribution in [3.63, 3.8) is 0 Å². The van der Waals surface area contributed by atoms with Crippen LogP contribution in [0.25, 0.3) is 16.7 Å². The minimum absolute atomic E-state index is 0.0467. The second kappa shape index (κ2) is 8.82. The standard InChI is InChI=1S/C28H34O3/c1-17(2)12-26(30)31-25-16-28(6,7)15-24(29)27(25)23-14-22(19(4)13-20(23)5)21-10-8-18(3)9-11-21/h8-11,13-14,17H,12,15-16H2,1-7H3. The van der Waals surface area contributed by atoms with Gasteiger partial charge < -0.3 is 4.74 Å². The van der Waals surface area contributed by atoms with Crippen molar-refractivity contribution in [2.45, 2.75) is 67.7 Å². The molecule has 0 fully saturated rings. The van der Waals surface area contributed by atoms with E-state index in [-0.39, 0.29) is 23.1 Å². The number of esters is 1. The maximum absolute atomic E-state index is 13.3. The van der Waals surface area contributed by atoms with Crippen LogP contribution >= 0.6 is 0 Å². The van der Waals surface area contributed by atoms with Gasteiger partial charge in [-0.05, 0) is 66.0 Å². The largest absolute Gasteiger partial charge is 0.430 e. The van der Waals surface area contributed by atoms with Crippen LogP contribution in [0, 0.1) is 32.1 Å². The molecule has 0 radical (unpaired) electrons. The summed E-state index contributed by atoms with van der Waals surface area (Å²) in [5.41, 5.74) is 6.82. The maximum Gasteiger partial charge on any atom is 0.311 e. The summed E-state index contributed by atoms with van der Waals surface area (Å²) in [6, 6.07) is 12.6. The van der Waals surface area contributed by atoms with Crippen molar-refractivity contribution >= 4 is 17.3 Å². The fraction of sp³-hybridized carbons (Fsp3) is 0.429. The summed E-state index contributed by atoms with van der Waals surface area (Å²) in [6.07, 6.45) is 1.36. The average Bonchev–Trinajstić information content (AvgIpc) is 2.62. The molecular weight excluding hydrogens is 384 g/mol. The summed E-state index contributed by atoms with van der Waals surface area (Å²) in [5.74, 6) is 0.508. The van der Waals surface area contributed by atoms with Gasteiger partial charge in [0.15, 0.2) is 5.78 Å². The highest BCUT2D eigenvalue weighted by Crippen LogP contribution is 2.43. The van der Waals surface area contributed by atoms with Crippen LogP contribution in [0.4, 0.5) is 0 Å². The van der Waals surface area contributed by atoms with Gasteiger partial charge in [-0.2, -0.15) is 0 Å². The molecule has 0 saturated heterocycles. The van der Waals surface area contributed by atoms with Gasteiger partial charge in [-0.15, -0.1) is 0 Å². The van der Waals surface area contributed by atoms with Gasteiger partial charge in [-0.25, -0.2) is 0 Å². The summed E-state index contributed by atoms with van der Waals surface area (Å²) in [7, 11) is 0. The summed E-state index contributed by atoms with van der Waals surface area (Å²) in [6.45, 7) is 14.3. The van der Waals surface area contributed by atoms with Crippen molar-refractivity contribution in [3.05, 3.63) is 64.4 Å². The van der Waals surface area contributed by atoms with E-state index in [2.05, 4.69) is 64.1 Å². The van der Waals surface area contributed by atoms with Crippen molar-refractivity contribution in [3.8, 4) is 11.1 Å². The number of ether oxygens (including phenoxy) is 1. The van der Waals surface area contributed by atoms with E-state index in [1.807, 2.05) is 20.8 Å². The van der Waals surface area contributed by atoms with Crippen LogP contribution in [0.5, 0.6) is 0 Å².